The maximum atomic E-state index is 11.7. The van der Waals surface area contributed by atoms with Gasteiger partial charge in [0.05, 0.1) is 11.4 Å². The minimum absolute atomic E-state index is 0.136. The van der Waals surface area contributed by atoms with Gasteiger partial charge < -0.3 is 10.5 Å². The highest BCUT2D eigenvalue weighted by Crippen LogP contribution is 2.18. The van der Waals surface area contributed by atoms with Crippen molar-refractivity contribution in [3.8, 4) is 5.75 Å². The maximum Gasteiger partial charge on any atom is 0.232 e. The Morgan fingerprint density at radius 2 is 2.17 bits per heavy atom. The number of benzene rings is 1. The number of unbranched alkanes of at least 4 members (excludes halogenated alkanes) is 1. The van der Waals surface area contributed by atoms with Crippen LogP contribution < -0.4 is 15.2 Å². The van der Waals surface area contributed by atoms with Crippen LogP contribution in [0.25, 0.3) is 0 Å². The molecule has 102 valence electrons. The number of rotatable bonds is 8. The highest BCUT2D eigenvalue weighted by molar-refractivity contribution is 7.92. The SMILES string of the molecule is CCCCS(=O)(=O)Nc1cccc(OCCN)c1. The summed E-state index contributed by atoms with van der Waals surface area (Å²) in [6.07, 6.45) is 1.50. The van der Waals surface area contributed by atoms with Crippen molar-refractivity contribution in [3.63, 3.8) is 0 Å². The molecular formula is C12H20N2O3S. The van der Waals surface area contributed by atoms with E-state index in [0.717, 1.165) is 6.42 Å². The summed E-state index contributed by atoms with van der Waals surface area (Å²) in [6, 6.07) is 6.85. The van der Waals surface area contributed by atoms with Gasteiger partial charge in [0.15, 0.2) is 0 Å². The Hall–Kier alpha value is -1.27. The van der Waals surface area contributed by atoms with E-state index in [1.54, 1.807) is 24.3 Å². The van der Waals surface area contributed by atoms with Gasteiger partial charge in [-0.25, -0.2) is 8.42 Å². The van der Waals surface area contributed by atoms with Crippen molar-refractivity contribution in [1.82, 2.24) is 0 Å². The standard InChI is InChI=1S/C12H20N2O3S/c1-2-3-9-18(15,16)14-11-5-4-6-12(10-11)17-8-7-13/h4-6,10,14H,2-3,7-9,13H2,1H3. The van der Waals surface area contributed by atoms with Gasteiger partial charge in [-0.1, -0.05) is 19.4 Å². The smallest absolute Gasteiger partial charge is 0.232 e. The fourth-order valence-electron chi connectivity index (χ4n) is 1.39. The van der Waals surface area contributed by atoms with Crippen LogP contribution in [0.5, 0.6) is 5.75 Å². The first-order valence-corrected chi connectivity index (χ1v) is 7.66. The average molecular weight is 272 g/mol. The quantitative estimate of drug-likeness (QED) is 0.752. The lowest BCUT2D eigenvalue weighted by atomic mass is 10.3. The van der Waals surface area contributed by atoms with E-state index in [9.17, 15) is 8.42 Å². The molecule has 0 atom stereocenters. The van der Waals surface area contributed by atoms with Gasteiger partial charge in [0.1, 0.15) is 12.4 Å². The number of nitrogens with two attached hydrogens (primary N) is 1. The molecule has 6 heteroatoms. The molecule has 3 N–H and O–H groups in total. The Morgan fingerprint density at radius 1 is 1.39 bits per heavy atom. The highest BCUT2D eigenvalue weighted by Gasteiger charge is 2.09. The van der Waals surface area contributed by atoms with Crippen molar-refractivity contribution >= 4 is 15.7 Å². The zero-order chi connectivity index (χ0) is 13.4. The van der Waals surface area contributed by atoms with Crippen molar-refractivity contribution < 1.29 is 13.2 Å². The van der Waals surface area contributed by atoms with Crippen LogP contribution in [0.2, 0.25) is 0 Å². The van der Waals surface area contributed by atoms with E-state index in [0.29, 0.717) is 31.0 Å². The number of anilines is 1. The summed E-state index contributed by atoms with van der Waals surface area (Å²) < 4.78 is 31.3. The fourth-order valence-corrected chi connectivity index (χ4v) is 2.65. The van der Waals surface area contributed by atoms with Gasteiger partial charge >= 0.3 is 0 Å². The zero-order valence-electron chi connectivity index (χ0n) is 10.6. The summed E-state index contributed by atoms with van der Waals surface area (Å²) in [4.78, 5) is 0. The van der Waals surface area contributed by atoms with Crippen LogP contribution >= 0.6 is 0 Å². The minimum Gasteiger partial charge on any atom is -0.492 e. The molecule has 1 rings (SSSR count). The van der Waals surface area contributed by atoms with Gasteiger partial charge in [-0.15, -0.1) is 0 Å². The molecule has 0 fully saturated rings. The van der Waals surface area contributed by atoms with Crippen molar-refractivity contribution in [3.05, 3.63) is 24.3 Å². The molecule has 0 heterocycles. The molecule has 0 bridgehead atoms. The van der Waals surface area contributed by atoms with Crippen LogP contribution in [0, 0.1) is 0 Å². The van der Waals surface area contributed by atoms with Gasteiger partial charge in [-0.3, -0.25) is 4.72 Å². The molecule has 0 aliphatic carbocycles. The van der Waals surface area contributed by atoms with E-state index in [1.807, 2.05) is 6.92 Å². The van der Waals surface area contributed by atoms with E-state index in [-0.39, 0.29) is 5.75 Å². The summed E-state index contributed by atoms with van der Waals surface area (Å²) in [5.41, 5.74) is 5.85. The van der Waals surface area contributed by atoms with Crippen LogP contribution in [0.1, 0.15) is 19.8 Å². The summed E-state index contributed by atoms with van der Waals surface area (Å²) in [7, 11) is -3.26. The number of hydrogen-bond donors (Lipinski definition) is 2. The zero-order valence-corrected chi connectivity index (χ0v) is 11.4. The summed E-state index contributed by atoms with van der Waals surface area (Å²) in [5, 5.41) is 0. The van der Waals surface area contributed by atoms with Crippen LogP contribution in [-0.4, -0.2) is 27.3 Å². The normalized spacial score (nSPS) is 11.2. The highest BCUT2D eigenvalue weighted by atomic mass is 32.2. The second kappa shape index (κ2) is 7.23. The Kier molecular flexibility index (Phi) is 5.94. The Bertz CT molecular complexity index is 460. The van der Waals surface area contributed by atoms with Crippen LogP contribution in [0.15, 0.2) is 24.3 Å². The second-order valence-electron chi connectivity index (χ2n) is 3.94. The molecule has 0 aliphatic heterocycles. The molecule has 1 aromatic rings. The van der Waals surface area contributed by atoms with Crippen LogP contribution in [-0.2, 0) is 10.0 Å². The Labute approximate surface area is 108 Å². The van der Waals surface area contributed by atoms with Gasteiger partial charge in [0, 0.05) is 12.6 Å². The Balaban J connectivity index is 2.66. The predicted molar refractivity (Wildman–Crippen MR) is 73.3 cm³/mol. The fraction of sp³-hybridized carbons (Fsp3) is 0.500. The van der Waals surface area contributed by atoms with E-state index in [1.165, 1.54) is 0 Å². The van der Waals surface area contributed by atoms with Crippen molar-refractivity contribution in [2.24, 2.45) is 5.73 Å². The lowest BCUT2D eigenvalue weighted by molar-refractivity contribution is 0.328. The first kappa shape index (κ1) is 14.8. The Morgan fingerprint density at radius 3 is 2.83 bits per heavy atom. The average Bonchev–Trinajstić information content (AvgIpc) is 2.34. The molecule has 18 heavy (non-hydrogen) atoms. The lowest BCUT2D eigenvalue weighted by Gasteiger charge is -2.09. The molecule has 0 radical (unpaired) electrons. The van der Waals surface area contributed by atoms with Gasteiger partial charge in [-0.05, 0) is 18.6 Å². The molecule has 1 aromatic carbocycles. The molecule has 0 spiro atoms. The topological polar surface area (TPSA) is 81.4 Å². The summed E-state index contributed by atoms with van der Waals surface area (Å²) in [6.45, 7) is 2.79. The first-order valence-electron chi connectivity index (χ1n) is 6.01. The minimum atomic E-state index is -3.26. The maximum absolute atomic E-state index is 11.7. The molecule has 0 saturated heterocycles. The van der Waals surface area contributed by atoms with Crippen LogP contribution in [0.3, 0.4) is 0 Å². The molecule has 5 nitrogen and oxygen atoms in total. The molecule has 0 unspecified atom stereocenters. The number of ether oxygens (including phenoxy) is 1. The monoisotopic (exact) mass is 272 g/mol. The van der Waals surface area contributed by atoms with Crippen molar-refractivity contribution in [2.75, 3.05) is 23.6 Å². The predicted octanol–water partition coefficient (Wildman–Crippen LogP) is 1.57. The van der Waals surface area contributed by atoms with Crippen molar-refractivity contribution in [1.29, 1.82) is 0 Å². The molecule has 0 amide bonds. The molecule has 0 aromatic heterocycles. The van der Waals surface area contributed by atoms with Gasteiger partial charge in [-0.2, -0.15) is 0 Å². The second-order valence-corrected chi connectivity index (χ2v) is 5.78. The summed E-state index contributed by atoms with van der Waals surface area (Å²) in [5.74, 6) is 0.744. The summed E-state index contributed by atoms with van der Waals surface area (Å²) >= 11 is 0. The largest absolute Gasteiger partial charge is 0.492 e. The van der Waals surface area contributed by atoms with Crippen molar-refractivity contribution in [2.45, 2.75) is 19.8 Å². The van der Waals surface area contributed by atoms with Gasteiger partial charge in [0.25, 0.3) is 0 Å². The number of sulfonamides is 1. The van der Waals surface area contributed by atoms with Crippen LogP contribution in [0.4, 0.5) is 5.69 Å². The van der Waals surface area contributed by atoms with E-state index < -0.39 is 10.0 Å². The lowest BCUT2D eigenvalue weighted by Crippen LogP contribution is -2.16. The number of nitrogens with one attached hydrogen (secondary N) is 1. The third kappa shape index (κ3) is 5.37. The third-order valence-corrected chi connectivity index (χ3v) is 3.63. The van der Waals surface area contributed by atoms with E-state index in [2.05, 4.69) is 4.72 Å². The molecule has 0 aliphatic rings. The van der Waals surface area contributed by atoms with Gasteiger partial charge in [0.2, 0.25) is 10.0 Å². The van der Waals surface area contributed by atoms with E-state index in [4.69, 9.17) is 10.5 Å². The molecular weight excluding hydrogens is 252 g/mol. The number of hydrogen-bond acceptors (Lipinski definition) is 4. The first-order chi connectivity index (χ1) is 8.57. The molecule has 0 saturated carbocycles. The van der Waals surface area contributed by atoms with E-state index >= 15 is 0 Å². The third-order valence-electron chi connectivity index (χ3n) is 2.26.